The molecule has 10 heteroatoms. The number of likely N-dealkylation sites (N-methyl/N-ethyl adjacent to an activating group) is 1. The van der Waals surface area contributed by atoms with Gasteiger partial charge in [-0.15, -0.1) is 0 Å². The number of aliphatic hydroxyl groups excluding tert-OH is 2. The molecule has 0 bridgehead atoms. The maximum absolute atomic E-state index is 12.4. The average molecular weight is 620 g/mol. The maximum Gasteiger partial charge on any atom is 0.243 e. The number of anilines is 1. The molecule has 0 saturated carbocycles. The molecule has 0 spiro atoms. The molecule has 1 aliphatic rings. The highest BCUT2D eigenvalue weighted by Crippen LogP contribution is 2.38. The van der Waals surface area contributed by atoms with E-state index in [0.717, 1.165) is 22.3 Å². The number of hydroxylamine groups is 1. The Labute approximate surface area is 264 Å². The van der Waals surface area contributed by atoms with Crippen LogP contribution >= 0.6 is 0 Å². The second-order valence-electron chi connectivity index (χ2n) is 11.7. The van der Waals surface area contributed by atoms with Gasteiger partial charge >= 0.3 is 0 Å². The summed E-state index contributed by atoms with van der Waals surface area (Å²) in [6.45, 7) is 2.55. The molecular formula is C35H45N3O7. The van der Waals surface area contributed by atoms with Gasteiger partial charge in [-0.25, -0.2) is 5.48 Å². The third kappa shape index (κ3) is 10.2. The second kappa shape index (κ2) is 17.2. The van der Waals surface area contributed by atoms with Crippen LogP contribution in [0.1, 0.15) is 86.2 Å². The lowest BCUT2D eigenvalue weighted by Crippen LogP contribution is -2.43. The molecule has 1 saturated heterocycles. The fourth-order valence-electron chi connectivity index (χ4n) is 5.44. The molecule has 45 heavy (non-hydrogen) atoms. The minimum atomic E-state index is -0.649. The van der Waals surface area contributed by atoms with Gasteiger partial charge in [-0.2, -0.15) is 0 Å². The van der Waals surface area contributed by atoms with Gasteiger partial charge in [0.2, 0.25) is 11.8 Å². The Morgan fingerprint density at radius 1 is 0.889 bits per heavy atom. The Kier molecular flexibility index (Phi) is 13.1. The summed E-state index contributed by atoms with van der Waals surface area (Å²) in [6, 6.07) is 24.6. The van der Waals surface area contributed by atoms with E-state index in [1.54, 1.807) is 5.48 Å². The van der Waals surface area contributed by atoms with Gasteiger partial charge in [0, 0.05) is 43.1 Å². The van der Waals surface area contributed by atoms with Gasteiger partial charge in [-0.1, -0.05) is 73.2 Å². The summed E-state index contributed by atoms with van der Waals surface area (Å²) in [7, 11) is 1.99. The summed E-state index contributed by atoms with van der Waals surface area (Å²) in [5.41, 5.74) is 5.77. The number of carbonyl (C=O) groups excluding carboxylic acids is 2. The summed E-state index contributed by atoms with van der Waals surface area (Å²) in [6.07, 6.45) is 1.41. The van der Waals surface area contributed by atoms with E-state index in [-0.39, 0.29) is 37.2 Å². The quantitative estimate of drug-likeness (QED) is 0.0892. The summed E-state index contributed by atoms with van der Waals surface area (Å²) < 4.78 is 12.9. The van der Waals surface area contributed by atoms with Crippen LogP contribution in [0.3, 0.4) is 0 Å². The van der Waals surface area contributed by atoms with Crippen molar-refractivity contribution in [2.45, 2.75) is 82.7 Å². The van der Waals surface area contributed by atoms with Crippen LogP contribution in [0.4, 0.5) is 5.69 Å². The van der Waals surface area contributed by atoms with Gasteiger partial charge in [-0.3, -0.25) is 19.7 Å². The molecular weight excluding hydrogens is 574 g/mol. The zero-order chi connectivity index (χ0) is 32.2. The van der Waals surface area contributed by atoms with Crippen LogP contribution in [0.5, 0.6) is 0 Å². The Bertz CT molecular complexity index is 1340. The monoisotopic (exact) mass is 619 g/mol. The molecule has 0 radical (unpaired) electrons. The van der Waals surface area contributed by atoms with Crippen LogP contribution in [-0.2, 0) is 25.7 Å². The van der Waals surface area contributed by atoms with E-state index < -0.39 is 18.3 Å². The number of hydrogen-bond acceptors (Lipinski definition) is 8. The molecule has 0 unspecified atom stereocenters. The zero-order valence-corrected chi connectivity index (χ0v) is 26.0. The summed E-state index contributed by atoms with van der Waals surface area (Å²) >= 11 is 0. The van der Waals surface area contributed by atoms with E-state index in [0.29, 0.717) is 44.3 Å². The summed E-state index contributed by atoms with van der Waals surface area (Å²) in [4.78, 5) is 25.6. The molecule has 10 nitrogen and oxygen atoms in total. The number of hydrogen-bond donors (Lipinski definition) is 5. The van der Waals surface area contributed by atoms with Gasteiger partial charge in [0.25, 0.3) is 0 Å². The van der Waals surface area contributed by atoms with E-state index in [1.807, 2.05) is 92.8 Å². The molecule has 0 aliphatic carbocycles. The Balaban J connectivity index is 1.40. The van der Waals surface area contributed by atoms with E-state index in [4.69, 9.17) is 14.7 Å². The van der Waals surface area contributed by atoms with Crippen LogP contribution in [-0.4, -0.2) is 57.9 Å². The van der Waals surface area contributed by atoms with Gasteiger partial charge in [-0.05, 0) is 55.6 Å². The standard InChI is InChI=1S/C35H45N3O7/c1-24(34(42)27-9-5-3-6-10-27)38(2)22-30-21-31(26-15-13-25(23-39)14-16-26)45-35(44-30)28-17-19-29(20-18-28)36-32(40)11-7-4-8-12-33(41)37-43/h3,5-6,9-10,13-20,24,30-31,34-35,39,42-43H,4,7-8,11-12,21-23H2,1-2H3,(H,36,40)(H,37,41)/t24-,30+,31-,34-,35-/m1/s1. The summed E-state index contributed by atoms with van der Waals surface area (Å²) in [5, 5.41) is 32.0. The van der Waals surface area contributed by atoms with Gasteiger partial charge in [0.1, 0.15) is 0 Å². The van der Waals surface area contributed by atoms with Gasteiger partial charge < -0.3 is 25.0 Å². The largest absolute Gasteiger partial charge is 0.392 e. The lowest BCUT2D eigenvalue weighted by Gasteiger charge is -2.39. The fraction of sp³-hybridized carbons (Fsp3) is 0.429. The van der Waals surface area contributed by atoms with E-state index >= 15 is 0 Å². The Morgan fingerprint density at radius 3 is 2.18 bits per heavy atom. The van der Waals surface area contributed by atoms with Crippen molar-refractivity contribution >= 4 is 17.5 Å². The van der Waals surface area contributed by atoms with Crippen LogP contribution < -0.4 is 10.8 Å². The number of nitrogens with zero attached hydrogens (tertiary/aromatic N) is 1. The molecule has 5 atom stereocenters. The van der Waals surface area contributed by atoms with E-state index in [1.165, 1.54) is 0 Å². The number of benzene rings is 3. The molecule has 4 rings (SSSR count). The van der Waals surface area contributed by atoms with Crippen LogP contribution in [0.25, 0.3) is 0 Å². The van der Waals surface area contributed by atoms with Crippen molar-refractivity contribution in [3.8, 4) is 0 Å². The maximum atomic E-state index is 12.4. The first-order valence-electron chi connectivity index (χ1n) is 15.5. The predicted molar refractivity (Wildman–Crippen MR) is 170 cm³/mol. The van der Waals surface area contributed by atoms with Crippen molar-refractivity contribution in [2.24, 2.45) is 0 Å². The lowest BCUT2D eigenvalue weighted by atomic mass is 9.98. The highest BCUT2D eigenvalue weighted by Gasteiger charge is 2.34. The SMILES string of the molecule is C[C@H]([C@@H](O)c1ccccc1)N(C)C[C@@H]1C[C@H](c2ccc(CO)cc2)O[C@H](c2ccc(NC(=O)CCCCCC(=O)NO)cc2)O1. The highest BCUT2D eigenvalue weighted by atomic mass is 16.7. The first kappa shape index (κ1) is 34.2. The molecule has 5 N–H and O–H groups in total. The first-order chi connectivity index (χ1) is 21.8. The molecule has 1 heterocycles. The molecule has 3 aromatic carbocycles. The number of carbonyl (C=O) groups is 2. The predicted octanol–water partition coefficient (Wildman–Crippen LogP) is 5.17. The molecule has 2 amide bonds. The molecule has 1 aliphatic heterocycles. The van der Waals surface area contributed by atoms with Gasteiger partial charge in [0.15, 0.2) is 6.29 Å². The number of unbranched alkanes of at least 4 members (excludes halogenated alkanes) is 2. The Hall–Kier alpha value is -3.64. The second-order valence-corrected chi connectivity index (χ2v) is 11.7. The topological polar surface area (TPSA) is 141 Å². The average Bonchev–Trinajstić information content (AvgIpc) is 3.07. The molecule has 242 valence electrons. The molecule has 3 aromatic rings. The van der Waals surface area contributed by atoms with Crippen molar-refractivity contribution in [1.82, 2.24) is 10.4 Å². The highest BCUT2D eigenvalue weighted by molar-refractivity contribution is 5.90. The summed E-state index contributed by atoms with van der Waals surface area (Å²) in [5.74, 6) is -0.535. The third-order valence-corrected chi connectivity index (χ3v) is 8.30. The van der Waals surface area contributed by atoms with Crippen LogP contribution in [0.2, 0.25) is 0 Å². The minimum absolute atomic E-state index is 0.0289. The van der Waals surface area contributed by atoms with Crippen LogP contribution in [0.15, 0.2) is 78.9 Å². The fourth-order valence-corrected chi connectivity index (χ4v) is 5.44. The third-order valence-electron chi connectivity index (χ3n) is 8.30. The minimum Gasteiger partial charge on any atom is -0.392 e. The number of nitrogens with one attached hydrogen (secondary N) is 2. The normalized spacial score (nSPS) is 19.6. The first-order valence-corrected chi connectivity index (χ1v) is 15.5. The van der Waals surface area contributed by atoms with E-state index in [9.17, 15) is 19.8 Å². The molecule has 1 fully saturated rings. The number of aliphatic hydroxyl groups is 2. The molecule has 0 aromatic heterocycles. The van der Waals surface area contributed by atoms with Gasteiger partial charge in [0.05, 0.1) is 24.9 Å². The number of rotatable bonds is 15. The number of amides is 2. The lowest BCUT2D eigenvalue weighted by molar-refractivity contribution is -0.253. The van der Waals surface area contributed by atoms with Crippen molar-refractivity contribution in [3.05, 3.63) is 101 Å². The van der Waals surface area contributed by atoms with E-state index in [2.05, 4.69) is 10.2 Å². The van der Waals surface area contributed by atoms with Crippen molar-refractivity contribution < 1.29 is 34.5 Å². The van der Waals surface area contributed by atoms with Crippen molar-refractivity contribution in [2.75, 3.05) is 18.9 Å². The van der Waals surface area contributed by atoms with Crippen molar-refractivity contribution in [1.29, 1.82) is 0 Å². The van der Waals surface area contributed by atoms with Crippen LogP contribution in [0, 0.1) is 0 Å². The number of ether oxygens (including phenoxy) is 2. The zero-order valence-electron chi connectivity index (χ0n) is 26.0. The van der Waals surface area contributed by atoms with Crippen molar-refractivity contribution in [3.63, 3.8) is 0 Å². The Morgan fingerprint density at radius 2 is 1.53 bits per heavy atom. The smallest absolute Gasteiger partial charge is 0.243 e.